The van der Waals surface area contributed by atoms with Crippen LogP contribution in [0.4, 0.5) is 0 Å². The van der Waals surface area contributed by atoms with Gasteiger partial charge in [0, 0.05) is 12.2 Å². The summed E-state index contributed by atoms with van der Waals surface area (Å²) >= 11 is 0. The quantitative estimate of drug-likeness (QED) is 0.251. The molecular formula is C7H13N5. The minimum atomic E-state index is 0.214. The Morgan fingerprint density at radius 1 is 1.75 bits per heavy atom. The van der Waals surface area contributed by atoms with E-state index in [1.165, 1.54) is 0 Å². The summed E-state index contributed by atoms with van der Waals surface area (Å²) in [6.45, 7) is 3.97. The highest BCUT2D eigenvalue weighted by molar-refractivity contribution is 5.97. The van der Waals surface area contributed by atoms with Gasteiger partial charge >= 0.3 is 0 Å². The average molecular weight is 167 g/mol. The van der Waals surface area contributed by atoms with Crippen molar-refractivity contribution in [3.8, 4) is 0 Å². The van der Waals surface area contributed by atoms with Crippen LogP contribution in [-0.2, 0) is 0 Å². The third-order valence-electron chi connectivity index (χ3n) is 1.30. The maximum Gasteiger partial charge on any atom is 0.145 e. The average Bonchev–Trinajstić information content (AvgIpc) is 2.51. The van der Waals surface area contributed by atoms with Crippen molar-refractivity contribution in [2.45, 2.75) is 19.9 Å². The smallest absolute Gasteiger partial charge is 0.145 e. The minimum Gasteiger partial charge on any atom is -0.308 e. The fourth-order valence-electron chi connectivity index (χ4n) is 0.834. The van der Waals surface area contributed by atoms with Crippen LogP contribution in [0.3, 0.4) is 0 Å². The number of nitrogens with one attached hydrogen (secondary N) is 2. The van der Waals surface area contributed by atoms with Crippen molar-refractivity contribution in [1.82, 2.24) is 15.6 Å². The summed E-state index contributed by atoms with van der Waals surface area (Å²) in [6.07, 6.45) is 3.40. The van der Waals surface area contributed by atoms with Crippen LogP contribution in [0.25, 0.3) is 0 Å². The predicted molar refractivity (Wildman–Crippen MR) is 47.6 cm³/mol. The highest BCUT2D eigenvalue weighted by Crippen LogP contribution is 1.96. The molecule has 1 aromatic rings. The first-order chi connectivity index (χ1) is 5.74. The normalized spacial score (nSPS) is 12.2. The van der Waals surface area contributed by atoms with Crippen molar-refractivity contribution in [1.29, 1.82) is 0 Å². The van der Waals surface area contributed by atoms with E-state index < -0.39 is 0 Å². The van der Waals surface area contributed by atoms with Crippen LogP contribution in [0.2, 0.25) is 0 Å². The van der Waals surface area contributed by atoms with Gasteiger partial charge in [0.1, 0.15) is 5.84 Å². The Balaban J connectivity index is 2.83. The second kappa shape index (κ2) is 3.87. The zero-order valence-electron chi connectivity index (χ0n) is 7.20. The Kier molecular flexibility index (Phi) is 2.82. The molecule has 0 spiro atoms. The summed E-state index contributed by atoms with van der Waals surface area (Å²) in [5.41, 5.74) is 3.39. The first-order valence-electron chi connectivity index (χ1n) is 3.77. The molecule has 0 aliphatic heterocycles. The van der Waals surface area contributed by atoms with Crippen molar-refractivity contribution < 1.29 is 0 Å². The SMILES string of the molecule is CC(C)N=C(NN)c1cn[nH]c1. The lowest BCUT2D eigenvalue weighted by atomic mass is 10.3. The topological polar surface area (TPSA) is 79.1 Å². The van der Waals surface area contributed by atoms with E-state index in [1.54, 1.807) is 12.4 Å². The van der Waals surface area contributed by atoms with Gasteiger partial charge in [-0.3, -0.25) is 10.1 Å². The standard InChI is InChI=1S/C7H13N5/c1-5(2)11-7(12-8)6-3-9-10-4-6/h3-5H,8H2,1-2H3,(H,9,10)(H,11,12). The molecule has 1 heterocycles. The highest BCUT2D eigenvalue weighted by Gasteiger charge is 2.02. The van der Waals surface area contributed by atoms with Crippen molar-refractivity contribution in [3.63, 3.8) is 0 Å². The van der Waals surface area contributed by atoms with Gasteiger partial charge in [-0.25, -0.2) is 5.84 Å². The first kappa shape index (κ1) is 8.73. The summed E-state index contributed by atoms with van der Waals surface area (Å²) in [7, 11) is 0. The predicted octanol–water partition coefficient (Wildman–Crippen LogP) is 0.0280. The Hall–Kier alpha value is -1.36. The van der Waals surface area contributed by atoms with E-state index in [1.807, 2.05) is 13.8 Å². The Morgan fingerprint density at radius 3 is 2.92 bits per heavy atom. The molecule has 1 rings (SSSR count). The van der Waals surface area contributed by atoms with Crippen LogP contribution in [0.5, 0.6) is 0 Å². The molecule has 0 fully saturated rings. The van der Waals surface area contributed by atoms with E-state index in [-0.39, 0.29) is 6.04 Å². The number of hydrogen-bond donors (Lipinski definition) is 3. The number of nitrogens with zero attached hydrogens (tertiary/aromatic N) is 2. The van der Waals surface area contributed by atoms with Gasteiger partial charge in [-0.05, 0) is 13.8 Å². The van der Waals surface area contributed by atoms with Gasteiger partial charge in [-0.1, -0.05) is 0 Å². The Bertz CT molecular complexity index is 249. The van der Waals surface area contributed by atoms with E-state index in [4.69, 9.17) is 5.84 Å². The van der Waals surface area contributed by atoms with Gasteiger partial charge in [0.05, 0.1) is 11.8 Å². The molecule has 12 heavy (non-hydrogen) atoms. The van der Waals surface area contributed by atoms with E-state index in [0.29, 0.717) is 5.84 Å². The zero-order chi connectivity index (χ0) is 8.97. The minimum absolute atomic E-state index is 0.214. The lowest BCUT2D eigenvalue weighted by molar-refractivity contribution is 0.820. The molecular weight excluding hydrogens is 154 g/mol. The third-order valence-corrected chi connectivity index (χ3v) is 1.30. The molecule has 66 valence electrons. The van der Waals surface area contributed by atoms with E-state index in [9.17, 15) is 0 Å². The number of amidine groups is 1. The summed E-state index contributed by atoms with van der Waals surface area (Å²) < 4.78 is 0. The Labute approximate surface area is 71.0 Å². The van der Waals surface area contributed by atoms with Crippen LogP contribution >= 0.6 is 0 Å². The number of nitrogens with two attached hydrogens (primary N) is 1. The van der Waals surface area contributed by atoms with Crippen LogP contribution in [0.1, 0.15) is 19.4 Å². The van der Waals surface area contributed by atoms with Crippen LogP contribution < -0.4 is 11.3 Å². The van der Waals surface area contributed by atoms with Crippen molar-refractivity contribution >= 4 is 5.84 Å². The van der Waals surface area contributed by atoms with E-state index in [0.717, 1.165) is 5.56 Å². The van der Waals surface area contributed by atoms with Gasteiger partial charge in [0.15, 0.2) is 0 Å². The van der Waals surface area contributed by atoms with Gasteiger partial charge < -0.3 is 5.43 Å². The summed E-state index contributed by atoms with van der Waals surface area (Å²) in [6, 6.07) is 0.214. The molecule has 1 aromatic heterocycles. The molecule has 0 saturated carbocycles. The van der Waals surface area contributed by atoms with E-state index >= 15 is 0 Å². The fourth-order valence-corrected chi connectivity index (χ4v) is 0.834. The Morgan fingerprint density at radius 2 is 2.50 bits per heavy atom. The van der Waals surface area contributed by atoms with Crippen molar-refractivity contribution in [3.05, 3.63) is 18.0 Å². The molecule has 0 bridgehead atoms. The molecule has 0 saturated heterocycles. The number of aliphatic imine (C=N–C) groups is 1. The molecule has 0 aliphatic carbocycles. The molecule has 0 unspecified atom stereocenters. The summed E-state index contributed by atoms with van der Waals surface area (Å²) in [5, 5.41) is 6.49. The van der Waals surface area contributed by atoms with E-state index in [2.05, 4.69) is 20.6 Å². The van der Waals surface area contributed by atoms with Crippen LogP contribution in [0, 0.1) is 0 Å². The van der Waals surface area contributed by atoms with Gasteiger partial charge in [-0.15, -0.1) is 0 Å². The molecule has 5 nitrogen and oxygen atoms in total. The number of aromatic nitrogens is 2. The second-order valence-electron chi connectivity index (χ2n) is 2.70. The molecule has 4 N–H and O–H groups in total. The number of rotatable bonds is 2. The second-order valence-corrected chi connectivity index (χ2v) is 2.70. The summed E-state index contributed by atoms with van der Waals surface area (Å²) in [4.78, 5) is 4.26. The molecule has 0 aromatic carbocycles. The molecule has 0 radical (unpaired) electrons. The maximum absolute atomic E-state index is 5.29. The lowest BCUT2D eigenvalue weighted by Crippen LogP contribution is -2.31. The van der Waals surface area contributed by atoms with Crippen LogP contribution in [0.15, 0.2) is 17.4 Å². The number of H-pyrrole nitrogens is 1. The molecule has 5 heteroatoms. The van der Waals surface area contributed by atoms with Gasteiger partial charge in [0.25, 0.3) is 0 Å². The van der Waals surface area contributed by atoms with Crippen LogP contribution in [-0.4, -0.2) is 22.1 Å². The van der Waals surface area contributed by atoms with Crippen molar-refractivity contribution in [2.75, 3.05) is 0 Å². The molecule has 0 aliphatic rings. The number of hydrogen-bond acceptors (Lipinski definition) is 3. The van der Waals surface area contributed by atoms with Gasteiger partial charge in [0.2, 0.25) is 0 Å². The largest absolute Gasteiger partial charge is 0.308 e. The number of hydrazine groups is 1. The monoisotopic (exact) mass is 167 g/mol. The third kappa shape index (κ3) is 2.06. The fraction of sp³-hybridized carbons (Fsp3) is 0.429. The molecule has 0 atom stereocenters. The lowest BCUT2D eigenvalue weighted by Gasteiger charge is -2.03. The summed E-state index contributed by atoms with van der Waals surface area (Å²) in [5.74, 6) is 5.94. The van der Waals surface area contributed by atoms with Crippen molar-refractivity contribution in [2.24, 2.45) is 10.8 Å². The van der Waals surface area contributed by atoms with Gasteiger partial charge in [-0.2, -0.15) is 5.10 Å². The molecule has 0 amide bonds. The highest BCUT2D eigenvalue weighted by atomic mass is 15.3. The number of aromatic amines is 1. The first-order valence-corrected chi connectivity index (χ1v) is 3.77. The maximum atomic E-state index is 5.29. The zero-order valence-corrected chi connectivity index (χ0v) is 7.20.